The van der Waals surface area contributed by atoms with Gasteiger partial charge in [-0.25, -0.2) is 4.98 Å². The maximum Gasteiger partial charge on any atom is 0.253 e. The van der Waals surface area contributed by atoms with Crippen LogP contribution in [0, 0.1) is 6.92 Å². The van der Waals surface area contributed by atoms with Gasteiger partial charge in [0.2, 0.25) is 5.91 Å². The van der Waals surface area contributed by atoms with E-state index in [1.54, 1.807) is 18.3 Å². The van der Waals surface area contributed by atoms with Crippen molar-refractivity contribution in [3.8, 4) is 0 Å². The number of benzene rings is 1. The molecular weight excluding hydrogens is 312 g/mol. The Morgan fingerprint density at radius 2 is 2.13 bits per heavy atom. The molecule has 0 aliphatic carbocycles. The zero-order valence-electron chi connectivity index (χ0n) is 12.4. The molecule has 2 N–H and O–H groups in total. The van der Waals surface area contributed by atoms with E-state index < -0.39 is 0 Å². The Bertz CT molecular complexity index is 861. The molecule has 0 unspecified atom stereocenters. The first kappa shape index (κ1) is 15.1. The average molecular weight is 326 g/mol. The molecule has 0 atom stereocenters. The Morgan fingerprint density at radius 1 is 1.26 bits per heavy atom. The highest BCUT2D eigenvalue weighted by Gasteiger charge is 2.10. The minimum Gasteiger partial charge on any atom is -0.343 e. The monoisotopic (exact) mass is 326 g/mol. The molecule has 0 fully saturated rings. The van der Waals surface area contributed by atoms with Crippen LogP contribution >= 0.6 is 11.3 Å². The van der Waals surface area contributed by atoms with E-state index in [-0.39, 0.29) is 18.4 Å². The van der Waals surface area contributed by atoms with E-state index in [0.29, 0.717) is 10.7 Å². The number of hydrogen-bond donors (Lipinski definition) is 2. The number of pyridine rings is 1. The molecule has 2 aromatic heterocycles. The van der Waals surface area contributed by atoms with Gasteiger partial charge in [0.1, 0.15) is 0 Å². The number of nitrogens with one attached hydrogen (secondary N) is 2. The van der Waals surface area contributed by atoms with Gasteiger partial charge in [-0.2, -0.15) is 0 Å². The zero-order chi connectivity index (χ0) is 16.2. The van der Waals surface area contributed by atoms with E-state index >= 15 is 0 Å². The lowest BCUT2D eigenvalue weighted by Crippen LogP contribution is -2.32. The summed E-state index contributed by atoms with van der Waals surface area (Å²) in [6.45, 7) is 1.88. The van der Waals surface area contributed by atoms with Gasteiger partial charge < -0.3 is 10.6 Å². The maximum atomic E-state index is 11.9. The third kappa shape index (κ3) is 3.70. The summed E-state index contributed by atoms with van der Waals surface area (Å²) in [4.78, 5) is 32.0. The van der Waals surface area contributed by atoms with Crippen molar-refractivity contribution in [1.29, 1.82) is 0 Å². The molecule has 23 heavy (non-hydrogen) atoms. The van der Waals surface area contributed by atoms with Gasteiger partial charge in [-0.15, -0.1) is 0 Å². The van der Waals surface area contributed by atoms with Crippen molar-refractivity contribution in [3.05, 3.63) is 53.9 Å². The second-order valence-electron chi connectivity index (χ2n) is 4.96. The smallest absolute Gasteiger partial charge is 0.253 e. The molecule has 0 aliphatic heterocycles. The van der Waals surface area contributed by atoms with Gasteiger partial charge in [-0.1, -0.05) is 17.4 Å². The van der Waals surface area contributed by atoms with Crippen LogP contribution in [-0.2, 0) is 4.79 Å². The van der Waals surface area contributed by atoms with E-state index in [9.17, 15) is 9.59 Å². The van der Waals surface area contributed by atoms with Crippen LogP contribution in [0.5, 0.6) is 0 Å². The quantitative estimate of drug-likeness (QED) is 0.771. The summed E-state index contributed by atoms with van der Waals surface area (Å²) in [5.74, 6) is -0.661. The molecule has 2 heterocycles. The normalized spacial score (nSPS) is 10.5. The predicted molar refractivity (Wildman–Crippen MR) is 89.6 cm³/mol. The van der Waals surface area contributed by atoms with Gasteiger partial charge in [0, 0.05) is 12.4 Å². The number of fused-ring (bicyclic) bond motifs is 1. The molecule has 6 nitrogen and oxygen atoms in total. The number of aryl methyl sites for hydroxylation is 1. The lowest BCUT2D eigenvalue weighted by atomic mass is 10.2. The van der Waals surface area contributed by atoms with Crippen LogP contribution in [0.15, 0.2) is 42.7 Å². The Kier molecular flexibility index (Phi) is 4.29. The molecule has 7 heteroatoms. The lowest BCUT2D eigenvalue weighted by molar-refractivity contribution is -0.115. The number of carbonyl (C=O) groups excluding carboxylic acids is 2. The summed E-state index contributed by atoms with van der Waals surface area (Å²) in [5, 5.41) is 5.76. The van der Waals surface area contributed by atoms with Gasteiger partial charge in [0.05, 0.1) is 22.3 Å². The third-order valence-corrected chi connectivity index (χ3v) is 4.06. The molecule has 1 aromatic carbocycles. The van der Waals surface area contributed by atoms with Gasteiger partial charge in [-0.05, 0) is 36.8 Å². The van der Waals surface area contributed by atoms with Gasteiger partial charge in [-0.3, -0.25) is 14.6 Å². The van der Waals surface area contributed by atoms with Crippen molar-refractivity contribution in [2.24, 2.45) is 0 Å². The molecule has 0 bridgehead atoms. The van der Waals surface area contributed by atoms with E-state index in [1.807, 2.05) is 25.1 Å². The minimum atomic E-state index is -0.340. The predicted octanol–water partition coefficient (Wildman–Crippen LogP) is 2.37. The summed E-state index contributed by atoms with van der Waals surface area (Å²) < 4.78 is 1.01. The number of anilines is 1. The number of aromatic nitrogens is 2. The van der Waals surface area contributed by atoms with Crippen LogP contribution in [-0.4, -0.2) is 28.3 Å². The van der Waals surface area contributed by atoms with Crippen LogP contribution in [0.2, 0.25) is 0 Å². The molecule has 0 saturated carbocycles. The molecule has 0 aliphatic rings. The Morgan fingerprint density at radius 3 is 2.91 bits per heavy atom. The molecule has 3 rings (SSSR count). The van der Waals surface area contributed by atoms with Gasteiger partial charge in [0.15, 0.2) is 5.13 Å². The Labute approximate surface area is 136 Å². The number of nitrogens with zero attached hydrogens (tertiary/aromatic N) is 2. The summed E-state index contributed by atoms with van der Waals surface area (Å²) >= 11 is 1.40. The molecule has 2 amide bonds. The average Bonchev–Trinajstić information content (AvgIpc) is 2.94. The first-order valence-corrected chi connectivity index (χ1v) is 7.79. The highest BCUT2D eigenvalue weighted by Crippen LogP contribution is 2.26. The highest BCUT2D eigenvalue weighted by molar-refractivity contribution is 7.22. The van der Waals surface area contributed by atoms with Gasteiger partial charge >= 0.3 is 0 Å². The van der Waals surface area contributed by atoms with Crippen molar-refractivity contribution in [1.82, 2.24) is 15.3 Å². The fourth-order valence-corrected chi connectivity index (χ4v) is 2.99. The number of rotatable bonds is 4. The molecule has 0 saturated heterocycles. The van der Waals surface area contributed by atoms with Crippen molar-refractivity contribution < 1.29 is 9.59 Å². The first-order chi connectivity index (χ1) is 11.1. The molecule has 116 valence electrons. The lowest BCUT2D eigenvalue weighted by Gasteiger charge is -2.04. The van der Waals surface area contributed by atoms with E-state index in [1.165, 1.54) is 17.5 Å². The SMILES string of the molecule is Cc1ccc2nc(NC(=O)CNC(=O)c3cccnc3)sc2c1. The van der Waals surface area contributed by atoms with Crippen LogP contribution in [0.3, 0.4) is 0 Å². The van der Waals surface area contributed by atoms with Crippen molar-refractivity contribution in [2.45, 2.75) is 6.92 Å². The number of thiazole rings is 1. The second kappa shape index (κ2) is 6.53. The molecule has 0 radical (unpaired) electrons. The van der Waals surface area contributed by atoms with E-state index in [4.69, 9.17) is 0 Å². The summed E-state index contributed by atoms with van der Waals surface area (Å²) in [6, 6.07) is 9.21. The number of carbonyl (C=O) groups is 2. The number of amides is 2. The van der Waals surface area contributed by atoms with Crippen LogP contribution < -0.4 is 10.6 Å². The van der Waals surface area contributed by atoms with Crippen LogP contribution in [0.4, 0.5) is 5.13 Å². The topological polar surface area (TPSA) is 84.0 Å². The summed E-state index contributed by atoms with van der Waals surface area (Å²) in [5.41, 5.74) is 2.40. The Balaban J connectivity index is 1.59. The number of hydrogen-bond acceptors (Lipinski definition) is 5. The fourth-order valence-electron chi connectivity index (χ4n) is 2.01. The van der Waals surface area contributed by atoms with E-state index in [0.717, 1.165) is 15.8 Å². The standard InChI is InChI=1S/C16H14N4O2S/c1-10-4-5-12-13(7-10)23-16(19-12)20-14(21)9-18-15(22)11-3-2-6-17-8-11/h2-8H,9H2,1H3,(H,18,22)(H,19,20,21). The second-order valence-corrected chi connectivity index (χ2v) is 5.99. The van der Waals surface area contributed by atoms with Crippen LogP contribution in [0.25, 0.3) is 10.2 Å². The Hall–Kier alpha value is -2.80. The van der Waals surface area contributed by atoms with Crippen molar-refractivity contribution in [2.75, 3.05) is 11.9 Å². The first-order valence-electron chi connectivity index (χ1n) is 6.97. The van der Waals surface area contributed by atoms with Gasteiger partial charge in [0.25, 0.3) is 5.91 Å². The van der Waals surface area contributed by atoms with Crippen molar-refractivity contribution >= 4 is 38.5 Å². The summed E-state index contributed by atoms with van der Waals surface area (Å²) in [7, 11) is 0. The highest BCUT2D eigenvalue weighted by atomic mass is 32.1. The maximum absolute atomic E-state index is 11.9. The van der Waals surface area contributed by atoms with Crippen LogP contribution in [0.1, 0.15) is 15.9 Å². The molecule has 3 aromatic rings. The fraction of sp³-hybridized carbons (Fsp3) is 0.125. The summed E-state index contributed by atoms with van der Waals surface area (Å²) in [6.07, 6.45) is 3.03. The van der Waals surface area contributed by atoms with Crippen molar-refractivity contribution in [3.63, 3.8) is 0 Å². The molecule has 0 spiro atoms. The largest absolute Gasteiger partial charge is 0.343 e. The third-order valence-electron chi connectivity index (χ3n) is 3.12. The zero-order valence-corrected chi connectivity index (χ0v) is 13.2. The minimum absolute atomic E-state index is 0.122. The van der Waals surface area contributed by atoms with E-state index in [2.05, 4.69) is 20.6 Å². The molecular formula is C16H14N4O2S.